The van der Waals surface area contributed by atoms with Crippen LogP contribution in [0.5, 0.6) is 0 Å². The molecule has 0 aliphatic rings. The fourth-order valence-corrected chi connectivity index (χ4v) is 2.97. The van der Waals surface area contributed by atoms with Crippen molar-refractivity contribution in [2.75, 3.05) is 0 Å². The zero-order valence-electron chi connectivity index (χ0n) is 10.8. The molecule has 19 heavy (non-hydrogen) atoms. The molecule has 2 N–H and O–H groups in total. The normalized spacial score (nSPS) is 12.1. The van der Waals surface area contributed by atoms with Crippen LogP contribution in [0.4, 0.5) is 0 Å². The Morgan fingerprint density at radius 3 is 2.00 bits per heavy atom. The fraction of sp³-hybridized carbons (Fsp3) is 0. The third kappa shape index (κ3) is 3.54. The van der Waals surface area contributed by atoms with E-state index in [9.17, 15) is 16.8 Å². The van der Waals surface area contributed by atoms with Crippen molar-refractivity contribution in [3.8, 4) is 0 Å². The first-order valence-corrected chi connectivity index (χ1v) is 7.55. The molecule has 0 spiro atoms. The number of fused-ring (bicyclic) bond motifs is 1. The summed E-state index contributed by atoms with van der Waals surface area (Å²) in [7, 11) is -9.14. The molecule has 0 bridgehead atoms. The molecule has 2 rings (SSSR count). The Morgan fingerprint density at radius 1 is 0.895 bits per heavy atom. The Hall–Kier alpha value is -0.480. The summed E-state index contributed by atoms with van der Waals surface area (Å²) in [5, 5.41) is 0.452. The molecule has 0 saturated carbocycles. The molecule has 0 saturated heterocycles. The third-order valence-corrected chi connectivity index (χ3v) is 4.10. The zero-order chi connectivity index (χ0) is 13.6. The molecule has 0 atom stereocenters. The summed E-state index contributed by atoms with van der Waals surface area (Å²) in [6.07, 6.45) is 0. The molecule has 98 valence electrons. The maximum Gasteiger partial charge on any atom is 1.00 e. The Kier molecular flexibility index (Phi) is 4.79. The van der Waals surface area contributed by atoms with Gasteiger partial charge in [0.25, 0.3) is 20.2 Å². The molecule has 0 fully saturated rings. The molecule has 2 aromatic rings. The van der Waals surface area contributed by atoms with Crippen molar-refractivity contribution in [1.29, 1.82) is 0 Å². The summed E-state index contributed by atoms with van der Waals surface area (Å²) in [4.78, 5) is -1.15. The van der Waals surface area contributed by atoms with Gasteiger partial charge in [0, 0.05) is 5.39 Å². The van der Waals surface area contributed by atoms with E-state index in [2.05, 4.69) is 0 Å². The van der Waals surface area contributed by atoms with Gasteiger partial charge in [-0.25, -0.2) is 0 Å². The van der Waals surface area contributed by atoms with Crippen LogP contribution in [-0.4, -0.2) is 25.9 Å². The van der Waals surface area contributed by atoms with Crippen LogP contribution in [0.1, 0.15) is 1.43 Å². The van der Waals surface area contributed by atoms with Crippen molar-refractivity contribution < 1.29 is 56.9 Å². The molecular weight excluding hydrogens is 303 g/mol. The smallest absolute Gasteiger partial charge is 1.00 e. The summed E-state index contributed by atoms with van der Waals surface area (Å²) < 4.78 is 62.5. The summed E-state index contributed by atoms with van der Waals surface area (Å²) in [5.41, 5.74) is 0. The maximum absolute atomic E-state index is 11.2. The minimum Gasteiger partial charge on any atom is -1.00 e. The van der Waals surface area contributed by atoms with Crippen LogP contribution in [0.25, 0.3) is 10.8 Å². The molecule has 0 amide bonds. The van der Waals surface area contributed by atoms with E-state index in [4.69, 9.17) is 9.11 Å². The Morgan fingerprint density at radius 2 is 1.47 bits per heavy atom. The van der Waals surface area contributed by atoms with Crippen LogP contribution in [0.15, 0.2) is 46.2 Å². The predicted molar refractivity (Wildman–Crippen MR) is 64.7 cm³/mol. The van der Waals surface area contributed by atoms with Crippen LogP contribution >= 0.6 is 0 Å². The van der Waals surface area contributed by atoms with Gasteiger partial charge in [-0.15, -0.1) is 0 Å². The van der Waals surface area contributed by atoms with E-state index in [0.29, 0.717) is 6.07 Å². The quantitative estimate of drug-likeness (QED) is 0.513. The number of benzene rings is 2. The van der Waals surface area contributed by atoms with Crippen molar-refractivity contribution >= 4 is 31.0 Å². The Balaban J connectivity index is 0.00000180. The van der Waals surface area contributed by atoms with E-state index in [0.717, 1.165) is 6.07 Å². The second-order valence-corrected chi connectivity index (χ2v) is 6.40. The standard InChI is InChI=1S/C10H8O6S2.Na.H/c11-17(12,13)8-5-7-3-1-2-4-9(7)10(6-8)18(14,15)16;;/h1-6H,(H,11,12,13)(H,14,15,16);;/q;+1;-1. The molecule has 0 unspecified atom stereocenters. The van der Waals surface area contributed by atoms with Gasteiger partial charge in [0.1, 0.15) is 4.90 Å². The van der Waals surface area contributed by atoms with E-state index in [1.165, 1.54) is 12.1 Å². The number of rotatable bonds is 2. The van der Waals surface area contributed by atoms with E-state index in [1.54, 1.807) is 12.1 Å². The average molecular weight is 312 g/mol. The van der Waals surface area contributed by atoms with Crippen LogP contribution < -0.4 is 29.6 Å². The minimum absolute atomic E-state index is 0. The van der Waals surface area contributed by atoms with Gasteiger partial charge in [0.2, 0.25) is 0 Å². The monoisotopic (exact) mass is 312 g/mol. The molecule has 0 aliphatic carbocycles. The van der Waals surface area contributed by atoms with Crippen LogP contribution in [0, 0.1) is 0 Å². The van der Waals surface area contributed by atoms with Crippen molar-refractivity contribution in [1.82, 2.24) is 0 Å². The molecule has 0 aromatic heterocycles. The van der Waals surface area contributed by atoms with Crippen molar-refractivity contribution in [2.24, 2.45) is 0 Å². The molecule has 9 heteroatoms. The predicted octanol–water partition coefficient (Wildman–Crippen LogP) is -1.55. The minimum atomic E-state index is -4.59. The van der Waals surface area contributed by atoms with E-state index < -0.39 is 30.0 Å². The molecule has 6 nitrogen and oxygen atoms in total. The van der Waals surface area contributed by atoms with Crippen molar-refractivity contribution in [3.63, 3.8) is 0 Å². The summed E-state index contributed by atoms with van der Waals surface area (Å²) in [6.45, 7) is 0. The first-order chi connectivity index (χ1) is 8.19. The summed E-state index contributed by atoms with van der Waals surface area (Å²) in [6, 6.07) is 7.85. The van der Waals surface area contributed by atoms with Gasteiger partial charge in [-0.2, -0.15) is 16.8 Å². The third-order valence-electron chi connectivity index (χ3n) is 2.37. The molecule has 0 aliphatic heterocycles. The summed E-state index contributed by atoms with van der Waals surface area (Å²) in [5.74, 6) is 0. The van der Waals surface area contributed by atoms with Gasteiger partial charge >= 0.3 is 29.6 Å². The first-order valence-electron chi connectivity index (χ1n) is 4.67. The van der Waals surface area contributed by atoms with Gasteiger partial charge in [0.05, 0.1) is 4.90 Å². The van der Waals surface area contributed by atoms with Crippen LogP contribution in [0.2, 0.25) is 0 Å². The molecular formula is C10H9NaO6S2. The summed E-state index contributed by atoms with van der Waals surface area (Å²) >= 11 is 0. The van der Waals surface area contributed by atoms with Gasteiger partial charge < -0.3 is 1.43 Å². The van der Waals surface area contributed by atoms with Gasteiger partial charge in [-0.05, 0) is 17.5 Å². The van der Waals surface area contributed by atoms with Gasteiger partial charge in [-0.3, -0.25) is 9.11 Å². The van der Waals surface area contributed by atoms with Crippen LogP contribution in [-0.2, 0) is 20.2 Å². The zero-order valence-corrected chi connectivity index (χ0v) is 13.4. The second kappa shape index (κ2) is 5.49. The SMILES string of the molecule is O=S(=O)(O)c1cc(S(=O)(=O)O)c2ccccc2c1.[H-].[Na+]. The molecule has 2 aromatic carbocycles. The number of hydrogen-bond donors (Lipinski definition) is 2. The van der Waals surface area contributed by atoms with Crippen LogP contribution in [0.3, 0.4) is 0 Å². The van der Waals surface area contributed by atoms with Crippen molar-refractivity contribution in [3.05, 3.63) is 36.4 Å². The molecule has 0 heterocycles. The Labute approximate surface area is 133 Å². The Bertz CT molecular complexity index is 832. The largest absolute Gasteiger partial charge is 1.00 e. The maximum atomic E-state index is 11.2. The van der Waals surface area contributed by atoms with E-state index in [1.807, 2.05) is 0 Å². The van der Waals surface area contributed by atoms with Gasteiger partial charge in [-0.1, -0.05) is 24.3 Å². The van der Waals surface area contributed by atoms with Gasteiger partial charge in [0.15, 0.2) is 0 Å². The average Bonchev–Trinajstić information content (AvgIpc) is 2.25. The number of hydrogen-bond acceptors (Lipinski definition) is 4. The fourth-order valence-electron chi connectivity index (χ4n) is 1.61. The molecule has 0 radical (unpaired) electrons. The van der Waals surface area contributed by atoms with E-state index >= 15 is 0 Å². The topological polar surface area (TPSA) is 109 Å². The van der Waals surface area contributed by atoms with E-state index in [-0.39, 0.29) is 41.8 Å². The first kappa shape index (κ1) is 16.6. The second-order valence-electron chi connectivity index (χ2n) is 3.59. The van der Waals surface area contributed by atoms with Crippen molar-refractivity contribution in [2.45, 2.75) is 9.79 Å².